The molecule has 1 fully saturated rings. The van der Waals surface area contributed by atoms with Crippen molar-refractivity contribution in [3.63, 3.8) is 0 Å². The highest BCUT2D eigenvalue weighted by molar-refractivity contribution is 5.90. The molecule has 1 amide bonds. The summed E-state index contributed by atoms with van der Waals surface area (Å²) in [4.78, 5) is 15.2. The molecule has 2 aromatic heterocycles. The normalized spacial score (nSPS) is 23.8. The molecule has 1 aliphatic heterocycles. The molecule has 13 heteroatoms. The van der Waals surface area contributed by atoms with Crippen LogP contribution in [0.3, 0.4) is 0 Å². The van der Waals surface area contributed by atoms with Gasteiger partial charge in [-0.25, -0.2) is 4.39 Å². The summed E-state index contributed by atoms with van der Waals surface area (Å²) in [5.41, 5.74) is 3.33. The van der Waals surface area contributed by atoms with Crippen molar-refractivity contribution in [3.05, 3.63) is 70.7 Å². The number of amides is 1. The van der Waals surface area contributed by atoms with E-state index in [-0.39, 0.29) is 29.5 Å². The molecule has 1 aromatic carbocycles. The van der Waals surface area contributed by atoms with Crippen LogP contribution >= 0.6 is 0 Å². The predicted molar refractivity (Wildman–Crippen MR) is 118 cm³/mol. The molecule has 1 saturated heterocycles. The Balaban J connectivity index is 1.68. The number of aromatic nitrogens is 3. The van der Waals surface area contributed by atoms with Gasteiger partial charge < -0.3 is 19.6 Å². The van der Waals surface area contributed by atoms with Gasteiger partial charge in [0.1, 0.15) is 11.8 Å². The van der Waals surface area contributed by atoms with Crippen molar-refractivity contribution in [1.82, 2.24) is 15.2 Å². The first-order chi connectivity index (χ1) is 17.4. The lowest BCUT2D eigenvalue weighted by Gasteiger charge is -2.32. The second-order valence-electron chi connectivity index (χ2n) is 8.89. The topological polar surface area (TPSA) is 113 Å². The Kier molecular flexibility index (Phi) is 6.93. The fraction of sp³-hybridized carbons (Fsp3) is 0.417. The minimum atomic E-state index is -4.80. The highest BCUT2D eigenvalue weighted by Crippen LogP contribution is 2.59. The van der Waals surface area contributed by atoms with E-state index in [0.29, 0.717) is 12.0 Å². The molecule has 4 atom stereocenters. The maximum absolute atomic E-state index is 14.5. The fourth-order valence-corrected chi connectivity index (χ4v) is 4.53. The summed E-state index contributed by atoms with van der Waals surface area (Å²) in [5.74, 6) is -6.35. The van der Waals surface area contributed by atoms with Gasteiger partial charge in [0.15, 0.2) is 17.2 Å². The molecule has 0 bridgehead atoms. The van der Waals surface area contributed by atoms with E-state index in [1.807, 2.05) is 0 Å². The van der Waals surface area contributed by atoms with E-state index in [2.05, 4.69) is 15.2 Å². The molecule has 8 nitrogen and oxygen atoms in total. The SMILES string of the molecule is COc1c([C@H]2[C@H](c3nnc(CCc4ccnc(C(N)=O)c4)o3)O[C@@](C)(C(F)(F)F)[C@H]2C)ccc(F)c1F. The number of primary amides is 1. The zero-order valence-electron chi connectivity index (χ0n) is 20.0. The van der Waals surface area contributed by atoms with Crippen molar-refractivity contribution in [2.24, 2.45) is 11.7 Å². The Bertz CT molecular complexity index is 1310. The molecular formula is C24H23F5N4O4. The van der Waals surface area contributed by atoms with Crippen LogP contribution in [-0.4, -0.2) is 40.0 Å². The summed E-state index contributed by atoms with van der Waals surface area (Å²) in [6.45, 7) is 2.18. The van der Waals surface area contributed by atoms with Gasteiger partial charge in [-0.15, -0.1) is 10.2 Å². The lowest BCUT2D eigenvalue weighted by Crippen LogP contribution is -2.46. The maximum Gasteiger partial charge on any atom is 0.417 e. The number of nitrogens with two attached hydrogens (primary N) is 1. The van der Waals surface area contributed by atoms with Gasteiger partial charge in [-0.2, -0.15) is 17.6 Å². The summed E-state index contributed by atoms with van der Waals surface area (Å²) in [6.07, 6.45) is -4.28. The van der Waals surface area contributed by atoms with Gasteiger partial charge in [-0.3, -0.25) is 9.78 Å². The lowest BCUT2D eigenvalue weighted by atomic mass is 9.77. The largest absolute Gasteiger partial charge is 0.493 e. The van der Waals surface area contributed by atoms with Crippen LogP contribution in [-0.2, 0) is 17.6 Å². The summed E-state index contributed by atoms with van der Waals surface area (Å²) >= 11 is 0. The van der Waals surface area contributed by atoms with Crippen LogP contribution < -0.4 is 10.5 Å². The lowest BCUT2D eigenvalue weighted by molar-refractivity contribution is -0.276. The van der Waals surface area contributed by atoms with Gasteiger partial charge in [0.05, 0.1) is 7.11 Å². The predicted octanol–water partition coefficient (Wildman–Crippen LogP) is 4.45. The first-order valence-corrected chi connectivity index (χ1v) is 11.2. The number of pyridine rings is 1. The zero-order valence-corrected chi connectivity index (χ0v) is 20.0. The summed E-state index contributed by atoms with van der Waals surface area (Å²) < 4.78 is 86.9. The van der Waals surface area contributed by atoms with Gasteiger partial charge >= 0.3 is 6.18 Å². The number of carbonyl (C=O) groups excluding carboxylic acids is 1. The second-order valence-corrected chi connectivity index (χ2v) is 8.89. The summed E-state index contributed by atoms with van der Waals surface area (Å²) in [7, 11) is 1.09. The molecule has 1 aliphatic rings. The van der Waals surface area contributed by atoms with Gasteiger partial charge in [-0.05, 0) is 37.1 Å². The van der Waals surface area contributed by atoms with Crippen molar-refractivity contribution in [2.45, 2.75) is 50.5 Å². The molecule has 2 N–H and O–H groups in total. The van der Waals surface area contributed by atoms with Gasteiger partial charge in [0, 0.05) is 30.0 Å². The number of ether oxygens (including phenoxy) is 2. The number of hydrogen-bond donors (Lipinski definition) is 1. The number of methoxy groups -OCH3 is 1. The van der Waals surface area contributed by atoms with Crippen molar-refractivity contribution < 1.29 is 40.6 Å². The summed E-state index contributed by atoms with van der Waals surface area (Å²) in [5, 5.41) is 7.83. The average molecular weight is 526 g/mol. The number of nitrogens with zero attached hydrogens (tertiary/aromatic N) is 3. The third-order valence-corrected chi connectivity index (χ3v) is 6.74. The third kappa shape index (κ3) is 4.75. The van der Waals surface area contributed by atoms with Gasteiger partial charge in [0.2, 0.25) is 17.6 Å². The molecule has 37 heavy (non-hydrogen) atoms. The van der Waals surface area contributed by atoms with Gasteiger partial charge in [0.25, 0.3) is 5.91 Å². The molecular weight excluding hydrogens is 503 g/mol. The Morgan fingerprint density at radius 1 is 1.19 bits per heavy atom. The van der Waals surface area contributed by atoms with E-state index in [0.717, 1.165) is 26.2 Å². The van der Waals surface area contributed by atoms with E-state index in [1.165, 1.54) is 19.2 Å². The minimum absolute atomic E-state index is 0.0256. The monoisotopic (exact) mass is 526 g/mol. The Hall–Kier alpha value is -3.61. The summed E-state index contributed by atoms with van der Waals surface area (Å²) in [6, 6.07) is 5.13. The molecule has 0 radical (unpaired) electrons. The molecule has 0 spiro atoms. The van der Waals surface area contributed by atoms with Crippen LogP contribution in [0.4, 0.5) is 22.0 Å². The number of rotatable bonds is 7. The van der Waals surface area contributed by atoms with E-state index in [1.54, 1.807) is 6.07 Å². The minimum Gasteiger partial charge on any atom is -0.493 e. The number of hydrogen-bond acceptors (Lipinski definition) is 7. The highest BCUT2D eigenvalue weighted by Gasteiger charge is 2.65. The second kappa shape index (κ2) is 9.69. The Labute approximate surface area is 208 Å². The first kappa shape index (κ1) is 26.5. The van der Waals surface area contributed by atoms with Crippen LogP contribution in [0.5, 0.6) is 5.75 Å². The number of halogens is 5. The van der Waals surface area contributed by atoms with Crippen LogP contribution in [0.15, 0.2) is 34.9 Å². The molecule has 198 valence electrons. The number of alkyl halides is 3. The maximum atomic E-state index is 14.5. The average Bonchev–Trinajstić information content (AvgIpc) is 3.42. The first-order valence-electron chi connectivity index (χ1n) is 11.2. The Morgan fingerprint density at radius 2 is 1.92 bits per heavy atom. The fourth-order valence-electron chi connectivity index (χ4n) is 4.53. The number of carbonyl (C=O) groups is 1. The van der Waals surface area contributed by atoms with E-state index in [9.17, 15) is 26.7 Å². The van der Waals surface area contributed by atoms with E-state index >= 15 is 0 Å². The van der Waals surface area contributed by atoms with E-state index in [4.69, 9.17) is 19.6 Å². The number of aryl methyl sites for hydroxylation is 2. The smallest absolute Gasteiger partial charge is 0.417 e. The van der Waals surface area contributed by atoms with Crippen molar-refractivity contribution >= 4 is 5.91 Å². The van der Waals surface area contributed by atoms with Crippen LogP contribution in [0.1, 0.15) is 59.3 Å². The molecule has 0 aliphatic carbocycles. The number of benzene rings is 1. The van der Waals surface area contributed by atoms with Gasteiger partial charge in [-0.1, -0.05) is 13.0 Å². The van der Waals surface area contributed by atoms with E-state index < -0.39 is 53.0 Å². The molecule has 3 aromatic rings. The molecule has 0 saturated carbocycles. The highest BCUT2D eigenvalue weighted by atomic mass is 19.4. The molecule has 0 unspecified atom stereocenters. The van der Waals surface area contributed by atoms with Crippen molar-refractivity contribution in [3.8, 4) is 5.75 Å². The van der Waals surface area contributed by atoms with Crippen LogP contribution in [0.25, 0.3) is 0 Å². The molecule has 3 heterocycles. The van der Waals surface area contributed by atoms with Crippen LogP contribution in [0, 0.1) is 17.6 Å². The Morgan fingerprint density at radius 3 is 2.57 bits per heavy atom. The standard InChI is InChI=1S/C24H23F5N4O4/c1-11-17(13-5-6-14(25)18(26)19(13)35-3)20(37-23(11,2)24(27,28)29)22-33-32-16(36-22)7-4-12-8-9-31-15(10-12)21(30)34/h5-6,8-11,17,20H,4,7H2,1-3H3,(H2,30,34)/t11-,17-,20+,23+/m0/s1. The van der Waals surface area contributed by atoms with Crippen molar-refractivity contribution in [1.29, 1.82) is 0 Å². The van der Waals surface area contributed by atoms with Crippen LogP contribution in [0.2, 0.25) is 0 Å². The third-order valence-electron chi connectivity index (χ3n) is 6.74. The quantitative estimate of drug-likeness (QED) is 0.453. The zero-order chi connectivity index (χ0) is 27.1. The molecule has 4 rings (SSSR count). The van der Waals surface area contributed by atoms with Crippen molar-refractivity contribution in [2.75, 3.05) is 7.11 Å².